The number of phenols is 1. The topological polar surface area (TPSA) is 74.9 Å². The van der Waals surface area contributed by atoms with E-state index in [-0.39, 0.29) is 10.6 Å². The van der Waals surface area contributed by atoms with Crippen LogP contribution in [0.3, 0.4) is 0 Å². The predicted molar refractivity (Wildman–Crippen MR) is 108 cm³/mol. The molecule has 142 valence electrons. The first-order valence-corrected chi connectivity index (χ1v) is 10.5. The molecular weight excluding hydrogens is 382 g/mol. The van der Waals surface area contributed by atoms with Gasteiger partial charge in [-0.15, -0.1) is 11.3 Å². The summed E-state index contributed by atoms with van der Waals surface area (Å²) in [7, 11) is 1.44. The number of phenolic OH excluding ortho intramolecular Hbond substituents is 1. The molecule has 0 saturated heterocycles. The van der Waals surface area contributed by atoms with Crippen LogP contribution < -0.4 is 4.80 Å². The molecular formula is C19H21N3O3S2. The van der Waals surface area contributed by atoms with Crippen molar-refractivity contribution in [3.63, 3.8) is 0 Å². The van der Waals surface area contributed by atoms with Crippen molar-refractivity contribution in [3.05, 3.63) is 58.2 Å². The zero-order valence-electron chi connectivity index (χ0n) is 15.5. The fourth-order valence-electron chi connectivity index (χ4n) is 2.63. The Bertz CT molecular complexity index is 1140. The minimum absolute atomic E-state index is 0.194. The molecule has 3 rings (SSSR count). The van der Waals surface area contributed by atoms with Crippen LogP contribution in [0.1, 0.15) is 5.56 Å². The summed E-state index contributed by atoms with van der Waals surface area (Å²) in [5.74, 6) is 0.194. The van der Waals surface area contributed by atoms with E-state index in [9.17, 15) is 13.5 Å². The molecule has 1 aromatic heterocycles. The molecule has 27 heavy (non-hydrogen) atoms. The van der Waals surface area contributed by atoms with Crippen LogP contribution in [0.2, 0.25) is 0 Å². The molecule has 0 aliphatic heterocycles. The smallest absolute Gasteiger partial charge is 0.242 e. The average Bonchev–Trinajstić information content (AvgIpc) is 2.97. The van der Waals surface area contributed by atoms with E-state index < -0.39 is 10.0 Å². The van der Waals surface area contributed by atoms with Crippen LogP contribution in [-0.4, -0.2) is 36.5 Å². The van der Waals surface area contributed by atoms with Crippen LogP contribution in [0.4, 0.5) is 5.69 Å². The van der Waals surface area contributed by atoms with Gasteiger partial charge in [-0.2, -0.15) is 0 Å². The number of thiazole rings is 1. The van der Waals surface area contributed by atoms with Gasteiger partial charge < -0.3 is 9.67 Å². The first-order valence-electron chi connectivity index (χ1n) is 8.21. The molecule has 0 unspecified atom stereocenters. The lowest BCUT2D eigenvalue weighted by Crippen LogP contribution is -2.22. The summed E-state index contributed by atoms with van der Waals surface area (Å²) in [6.07, 6.45) is 0. The summed E-state index contributed by atoms with van der Waals surface area (Å²) < 4.78 is 28.2. The van der Waals surface area contributed by atoms with Crippen molar-refractivity contribution in [2.75, 3.05) is 14.1 Å². The fraction of sp³-hybridized carbons (Fsp3) is 0.211. The van der Waals surface area contributed by atoms with E-state index in [1.54, 1.807) is 36.4 Å². The highest BCUT2D eigenvalue weighted by Gasteiger charge is 2.19. The van der Waals surface area contributed by atoms with Crippen molar-refractivity contribution < 1.29 is 13.5 Å². The van der Waals surface area contributed by atoms with E-state index in [1.807, 2.05) is 30.0 Å². The molecule has 1 N–H and O–H groups in total. The van der Waals surface area contributed by atoms with E-state index in [0.29, 0.717) is 0 Å². The summed E-state index contributed by atoms with van der Waals surface area (Å²) in [5, 5.41) is 11.3. The Hall–Kier alpha value is -2.42. The second kappa shape index (κ2) is 7.30. The van der Waals surface area contributed by atoms with Gasteiger partial charge in [0.2, 0.25) is 10.0 Å². The van der Waals surface area contributed by atoms with Gasteiger partial charge in [0.05, 0.1) is 16.3 Å². The normalized spacial score (nSPS) is 12.7. The molecule has 2 aromatic carbocycles. The number of aryl methyl sites for hydroxylation is 1. The SMILES string of the molecule is Cc1cc(-c2csc(=Nc3ccc(O)cc3)n2C)cc(S(=O)(=O)N(C)C)c1. The highest BCUT2D eigenvalue weighted by atomic mass is 32.2. The van der Waals surface area contributed by atoms with Gasteiger partial charge in [-0.1, -0.05) is 0 Å². The zero-order chi connectivity index (χ0) is 19.8. The Morgan fingerprint density at radius 1 is 1.11 bits per heavy atom. The molecule has 0 radical (unpaired) electrons. The van der Waals surface area contributed by atoms with Crippen LogP contribution in [-0.2, 0) is 17.1 Å². The number of sulfonamides is 1. The Morgan fingerprint density at radius 2 is 1.78 bits per heavy atom. The molecule has 6 nitrogen and oxygen atoms in total. The summed E-state index contributed by atoms with van der Waals surface area (Å²) >= 11 is 1.47. The van der Waals surface area contributed by atoms with Gasteiger partial charge in [0.25, 0.3) is 0 Å². The molecule has 0 atom stereocenters. The summed E-state index contributed by atoms with van der Waals surface area (Å²) in [6, 6.07) is 12.0. The number of hydrogen-bond donors (Lipinski definition) is 1. The Morgan fingerprint density at radius 3 is 2.41 bits per heavy atom. The maximum absolute atomic E-state index is 12.5. The van der Waals surface area contributed by atoms with E-state index >= 15 is 0 Å². The largest absolute Gasteiger partial charge is 0.508 e. The molecule has 3 aromatic rings. The minimum Gasteiger partial charge on any atom is -0.508 e. The minimum atomic E-state index is -3.51. The Balaban J connectivity index is 2.10. The lowest BCUT2D eigenvalue weighted by atomic mass is 10.1. The highest BCUT2D eigenvalue weighted by Crippen LogP contribution is 2.26. The van der Waals surface area contributed by atoms with E-state index in [1.165, 1.54) is 29.7 Å². The van der Waals surface area contributed by atoms with Crippen molar-refractivity contribution >= 4 is 27.0 Å². The van der Waals surface area contributed by atoms with Crippen LogP contribution in [0.25, 0.3) is 11.3 Å². The number of hydrogen-bond acceptors (Lipinski definition) is 5. The Kier molecular flexibility index (Phi) is 5.23. The summed E-state index contributed by atoms with van der Waals surface area (Å²) in [6.45, 7) is 1.88. The monoisotopic (exact) mass is 403 g/mol. The summed E-state index contributed by atoms with van der Waals surface area (Å²) in [4.78, 5) is 5.64. The number of nitrogens with zero attached hydrogens (tertiary/aromatic N) is 3. The number of rotatable bonds is 4. The van der Waals surface area contributed by atoms with Gasteiger partial charge in [-0.05, 0) is 55.0 Å². The lowest BCUT2D eigenvalue weighted by molar-refractivity contribution is 0.475. The van der Waals surface area contributed by atoms with Crippen LogP contribution in [0, 0.1) is 6.92 Å². The Labute approximate surface area is 162 Å². The molecule has 8 heteroatoms. The molecule has 0 fully saturated rings. The van der Waals surface area contributed by atoms with Gasteiger partial charge in [-0.25, -0.2) is 17.7 Å². The molecule has 1 heterocycles. The van der Waals surface area contributed by atoms with Gasteiger partial charge in [0, 0.05) is 32.1 Å². The number of benzene rings is 2. The lowest BCUT2D eigenvalue weighted by Gasteiger charge is -2.13. The van der Waals surface area contributed by atoms with Crippen LogP contribution >= 0.6 is 11.3 Å². The van der Waals surface area contributed by atoms with E-state index in [2.05, 4.69) is 4.99 Å². The zero-order valence-corrected chi connectivity index (χ0v) is 17.2. The maximum Gasteiger partial charge on any atom is 0.242 e. The van der Waals surface area contributed by atoms with Crippen LogP contribution in [0.5, 0.6) is 5.75 Å². The molecule has 0 bridgehead atoms. The first kappa shape index (κ1) is 19.3. The number of aromatic nitrogens is 1. The average molecular weight is 404 g/mol. The number of aromatic hydroxyl groups is 1. The second-order valence-electron chi connectivity index (χ2n) is 6.41. The second-order valence-corrected chi connectivity index (χ2v) is 9.40. The van der Waals surface area contributed by atoms with E-state index in [4.69, 9.17) is 0 Å². The molecule has 0 saturated carbocycles. The first-order chi connectivity index (χ1) is 12.7. The van der Waals surface area contributed by atoms with Gasteiger partial charge in [0.1, 0.15) is 5.75 Å². The van der Waals surface area contributed by atoms with Gasteiger partial charge in [0.15, 0.2) is 4.80 Å². The fourth-order valence-corrected chi connectivity index (χ4v) is 4.58. The third-order valence-electron chi connectivity index (χ3n) is 4.12. The van der Waals surface area contributed by atoms with Gasteiger partial charge in [-0.3, -0.25) is 0 Å². The van der Waals surface area contributed by atoms with Crippen LogP contribution in [0.15, 0.2) is 57.7 Å². The third kappa shape index (κ3) is 3.97. The third-order valence-corrected chi connectivity index (χ3v) is 6.83. The van der Waals surface area contributed by atoms with Crippen molar-refractivity contribution in [2.45, 2.75) is 11.8 Å². The van der Waals surface area contributed by atoms with Crippen molar-refractivity contribution in [1.29, 1.82) is 0 Å². The maximum atomic E-state index is 12.5. The van der Waals surface area contributed by atoms with E-state index in [0.717, 1.165) is 27.3 Å². The van der Waals surface area contributed by atoms with Crippen molar-refractivity contribution in [3.8, 4) is 17.0 Å². The molecule has 0 amide bonds. The predicted octanol–water partition coefficient (Wildman–Crippen LogP) is 3.25. The molecule has 0 aliphatic rings. The quantitative estimate of drug-likeness (QED) is 0.727. The van der Waals surface area contributed by atoms with Crippen molar-refractivity contribution in [1.82, 2.24) is 8.87 Å². The standard InChI is InChI=1S/C19H21N3O3S2/c1-13-9-14(11-17(10-13)27(24,25)21(2)3)18-12-26-19(22(18)4)20-15-5-7-16(23)8-6-15/h5-12,23H,1-4H3. The van der Waals surface area contributed by atoms with Crippen molar-refractivity contribution in [2.24, 2.45) is 12.0 Å². The summed E-state index contributed by atoms with van der Waals surface area (Å²) in [5.41, 5.74) is 3.31. The molecule has 0 aliphatic carbocycles. The van der Waals surface area contributed by atoms with Gasteiger partial charge >= 0.3 is 0 Å². The highest BCUT2D eigenvalue weighted by molar-refractivity contribution is 7.89. The molecule has 0 spiro atoms.